The normalized spacial score (nSPS) is 14.2. The van der Waals surface area contributed by atoms with E-state index in [0.717, 1.165) is 0 Å². The minimum atomic E-state index is -0.577. The van der Waals surface area contributed by atoms with Gasteiger partial charge in [-0.1, -0.05) is 18.2 Å². The van der Waals surface area contributed by atoms with Crippen LogP contribution in [0.1, 0.15) is 24.2 Å². The van der Waals surface area contributed by atoms with Gasteiger partial charge in [-0.3, -0.25) is 0 Å². The lowest BCUT2D eigenvalue weighted by Gasteiger charge is -2.07. The minimum Gasteiger partial charge on any atom is -0.460 e. The number of benzene rings is 1. The molecule has 0 aliphatic heterocycles. The summed E-state index contributed by atoms with van der Waals surface area (Å²) in [6.07, 6.45) is -0.577. The molecule has 1 aromatic carbocycles. The van der Waals surface area contributed by atoms with Crippen LogP contribution >= 0.6 is 0 Å². The molecule has 1 unspecified atom stereocenters. The third-order valence-electron chi connectivity index (χ3n) is 1.90. The molecule has 1 aromatic rings. The van der Waals surface area contributed by atoms with E-state index in [1.165, 1.54) is 0 Å². The molecule has 1 atom stereocenters. The second kappa shape index (κ2) is 4.05. The zero-order valence-corrected chi connectivity index (χ0v) is 7.78. The van der Waals surface area contributed by atoms with Gasteiger partial charge >= 0.3 is 5.90 Å². The molecule has 0 aliphatic rings. The molecule has 1 rings (SSSR count). The largest absolute Gasteiger partial charge is 0.460 e. The van der Waals surface area contributed by atoms with Gasteiger partial charge in [-0.25, -0.2) is 4.99 Å². The Morgan fingerprint density at radius 1 is 1.38 bits per heavy atom. The lowest BCUT2D eigenvalue weighted by molar-refractivity contribution is -0.429. The molecule has 0 fully saturated rings. The maximum absolute atomic E-state index is 9.45. The fourth-order valence-corrected chi connectivity index (χ4v) is 1.21. The van der Waals surface area contributed by atoms with Crippen molar-refractivity contribution in [2.75, 3.05) is 7.05 Å². The molecule has 0 spiro atoms. The number of aliphatic hydroxyl groups excluding tert-OH is 2. The van der Waals surface area contributed by atoms with Crippen LogP contribution in [0.15, 0.2) is 24.3 Å². The summed E-state index contributed by atoms with van der Waals surface area (Å²) in [5.41, 5.74) is 1.36. The Labute approximate surface area is 77.4 Å². The predicted octanol–water partition coefficient (Wildman–Crippen LogP) is -0.245. The first kappa shape index (κ1) is 9.74. The topological polar surface area (TPSA) is 54.4 Å². The highest BCUT2D eigenvalue weighted by atomic mass is 16.3. The van der Waals surface area contributed by atoms with Crippen LogP contribution in [0.5, 0.6) is 0 Å². The molecule has 70 valence electrons. The lowest BCUT2D eigenvalue weighted by atomic mass is 10.0. The highest BCUT2D eigenvalue weighted by molar-refractivity contribution is 5.89. The van der Waals surface area contributed by atoms with Crippen molar-refractivity contribution in [3.05, 3.63) is 35.4 Å². The second-order valence-electron chi connectivity index (χ2n) is 2.86. The van der Waals surface area contributed by atoms with Crippen molar-refractivity contribution in [1.82, 2.24) is 0 Å². The Morgan fingerprint density at radius 2 is 2.00 bits per heavy atom. The molecule has 0 saturated heterocycles. The van der Waals surface area contributed by atoms with E-state index in [1.807, 2.05) is 12.1 Å². The van der Waals surface area contributed by atoms with Gasteiger partial charge in [0.2, 0.25) is 0 Å². The summed E-state index contributed by atoms with van der Waals surface area (Å²) in [7, 11) is 1.63. The first-order valence-electron chi connectivity index (χ1n) is 4.18. The first-order chi connectivity index (χ1) is 6.16. The van der Waals surface area contributed by atoms with Crippen LogP contribution in [0.25, 0.3) is 0 Å². The summed E-state index contributed by atoms with van der Waals surface area (Å²) < 4.78 is 0. The SMILES string of the molecule is C[NH+]=C(O)c1ccccc1C(C)O. The molecule has 0 amide bonds. The Bertz CT molecular complexity index is 318. The summed E-state index contributed by atoms with van der Waals surface area (Å²) in [6.45, 7) is 1.67. The number of hydrogen-bond acceptors (Lipinski definition) is 1. The molecule has 0 saturated carbocycles. The molecule has 3 heteroatoms. The molecule has 0 heterocycles. The molecule has 3 nitrogen and oxygen atoms in total. The monoisotopic (exact) mass is 180 g/mol. The lowest BCUT2D eigenvalue weighted by Crippen LogP contribution is -2.68. The third-order valence-corrected chi connectivity index (χ3v) is 1.90. The van der Waals surface area contributed by atoms with Crippen molar-refractivity contribution in [1.29, 1.82) is 0 Å². The quantitative estimate of drug-likeness (QED) is 0.434. The average molecular weight is 180 g/mol. The fraction of sp³-hybridized carbons (Fsp3) is 0.300. The number of nitrogens with one attached hydrogen (secondary N) is 1. The van der Waals surface area contributed by atoms with Crippen LogP contribution < -0.4 is 4.99 Å². The van der Waals surface area contributed by atoms with Crippen LogP contribution in [0, 0.1) is 0 Å². The summed E-state index contributed by atoms with van der Waals surface area (Å²) in [5, 5.41) is 18.9. The predicted molar refractivity (Wildman–Crippen MR) is 50.7 cm³/mol. The van der Waals surface area contributed by atoms with Gasteiger partial charge < -0.3 is 10.2 Å². The number of aliphatic hydroxyl groups is 2. The molecule has 0 aliphatic carbocycles. The van der Waals surface area contributed by atoms with Gasteiger partial charge in [0.1, 0.15) is 7.05 Å². The highest BCUT2D eigenvalue weighted by Crippen LogP contribution is 2.16. The van der Waals surface area contributed by atoms with E-state index < -0.39 is 6.10 Å². The molecular weight excluding hydrogens is 166 g/mol. The highest BCUT2D eigenvalue weighted by Gasteiger charge is 2.14. The maximum atomic E-state index is 9.45. The van der Waals surface area contributed by atoms with Gasteiger partial charge in [0.15, 0.2) is 0 Å². The van der Waals surface area contributed by atoms with Gasteiger partial charge in [-0.2, -0.15) is 0 Å². The second-order valence-corrected chi connectivity index (χ2v) is 2.86. The molecule has 0 radical (unpaired) electrons. The van der Waals surface area contributed by atoms with Crippen molar-refractivity contribution in [3.8, 4) is 0 Å². The molecule has 0 bridgehead atoms. The van der Waals surface area contributed by atoms with Crippen molar-refractivity contribution in [2.45, 2.75) is 13.0 Å². The summed E-state index contributed by atoms with van der Waals surface area (Å²) in [6, 6.07) is 7.19. The Balaban J connectivity index is 3.20. The molecule has 0 aromatic heterocycles. The fourth-order valence-electron chi connectivity index (χ4n) is 1.21. The Hall–Kier alpha value is -1.35. The van der Waals surface area contributed by atoms with E-state index in [9.17, 15) is 10.2 Å². The maximum Gasteiger partial charge on any atom is 0.365 e. The zero-order valence-electron chi connectivity index (χ0n) is 7.78. The van der Waals surface area contributed by atoms with Gasteiger partial charge in [-0.15, -0.1) is 0 Å². The van der Waals surface area contributed by atoms with E-state index >= 15 is 0 Å². The summed E-state index contributed by atoms with van der Waals surface area (Å²) in [5.74, 6) is 0.0801. The smallest absolute Gasteiger partial charge is 0.365 e. The van der Waals surface area contributed by atoms with Crippen LogP contribution in [0.2, 0.25) is 0 Å². The average Bonchev–Trinajstić information content (AvgIpc) is 2.16. The van der Waals surface area contributed by atoms with Crippen LogP contribution in [0.4, 0.5) is 0 Å². The third kappa shape index (κ3) is 2.06. The summed E-state index contributed by atoms with van der Waals surface area (Å²) in [4.78, 5) is 2.64. The first-order valence-corrected chi connectivity index (χ1v) is 4.18. The van der Waals surface area contributed by atoms with Crippen molar-refractivity contribution in [2.24, 2.45) is 0 Å². The van der Waals surface area contributed by atoms with Crippen LogP contribution in [-0.4, -0.2) is 23.2 Å². The zero-order chi connectivity index (χ0) is 9.84. The van der Waals surface area contributed by atoms with Crippen LogP contribution in [0.3, 0.4) is 0 Å². The number of hydrogen-bond donors (Lipinski definition) is 3. The van der Waals surface area contributed by atoms with Crippen LogP contribution in [-0.2, 0) is 0 Å². The standard InChI is InChI=1S/C10H13NO2/c1-7(12)8-5-3-4-6-9(8)10(13)11-2/h3-7,12H,1-2H3,(H,11,13)/p+1. The Kier molecular flexibility index (Phi) is 3.03. The van der Waals surface area contributed by atoms with Crippen molar-refractivity contribution < 1.29 is 15.2 Å². The van der Waals surface area contributed by atoms with Gasteiger partial charge in [0, 0.05) is 0 Å². The number of rotatable bonds is 2. The van der Waals surface area contributed by atoms with Crippen molar-refractivity contribution >= 4 is 5.90 Å². The summed E-state index contributed by atoms with van der Waals surface area (Å²) >= 11 is 0. The van der Waals surface area contributed by atoms with Crippen molar-refractivity contribution in [3.63, 3.8) is 0 Å². The van der Waals surface area contributed by atoms with E-state index in [2.05, 4.69) is 4.99 Å². The Morgan fingerprint density at radius 3 is 2.54 bits per heavy atom. The molecular formula is C10H14NO2+. The van der Waals surface area contributed by atoms with Gasteiger partial charge in [-0.05, 0) is 18.6 Å². The molecule has 3 N–H and O–H groups in total. The van der Waals surface area contributed by atoms with E-state index in [0.29, 0.717) is 11.1 Å². The van der Waals surface area contributed by atoms with E-state index in [4.69, 9.17) is 0 Å². The molecule has 13 heavy (non-hydrogen) atoms. The van der Waals surface area contributed by atoms with Gasteiger partial charge in [0.05, 0.1) is 11.7 Å². The minimum absolute atomic E-state index is 0.0801. The van der Waals surface area contributed by atoms with E-state index in [-0.39, 0.29) is 5.90 Å². The van der Waals surface area contributed by atoms with Gasteiger partial charge in [0.25, 0.3) is 0 Å². The van der Waals surface area contributed by atoms with E-state index in [1.54, 1.807) is 26.1 Å².